The Kier molecular flexibility index (Phi) is 3.74. The summed E-state index contributed by atoms with van der Waals surface area (Å²) in [5.74, 6) is 0.750. The van der Waals surface area contributed by atoms with Crippen molar-refractivity contribution in [2.45, 2.75) is 39.2 Å². The van der Waals surface area contributed by atoms with E-state index in [9.17, 15) is 4.79 Å². The number of aryl methyl sites for hydroxylation is 1. The Labute approximate surface area is 120 Å². The monoisotopic (exact) mass is 273 g/mol. The van der Waals surface area contributed by atoms with E-state index in [1.54, 1.807) is 0 Å². The molecule has 0 unspecified atom stereocenters. The second kappa shape index (κ2) is 5.52. The summed E-state index contributed by atoms with van der Waals surface area (Å²) in [6.07, 6.45) is 6.51. The van der Waals surface area contributed by atoms with Gasteiger partial charge in [-0.1, -0.05) is 18.9 Å². The molecule has 1 aliphatic heterocycles. The van der Waals surface area contributed by atoms with Crippen LogP contribution in [0.25, 0.3) is 0 Å². The quantitative estimate of drug-likeness (QED) is 0.883. The van der Waals surface area contributed by atoms with Gasteiger partial charge in [-0.05, 0) is 43.9 Å². The van der Waals surface area contributed by atoms with Gasteiger partial charge in [0, 0.05) is 25.0 Å². The van der Waals surface area contributed by atoms with E-state index in [-0.39, 0.29) is 11.3 Å². The second-order valence-corrected chi connectivity index (χ2v) is 6.22. The normalized spacial score (nSPS) is 28.9. The van der Waals surface area contributed by atoms with Crippen LogP contribution in [0, 0.1) is 18.3 Å². The lowest BCUT2D eigenvalue weighted by molar-refractivity contribution is -0.134. The fraction of sp³-hybridized carbons (Fsp3) is 0.625. The lowest BCUT2D eigenvalue weighted by Crippen LogP contribution is -2.47. The van der Waals surface area contributed by atoms with Gasteiger partial charge in [-0.3, -0.25) is 9.78 Å². The molecule has 20 heavy (non-hydrogen) atoms. The number of pyridine rings is 1. The van der Waals surface area contributed by atoms with Crippen LogP contribution in [-0.2, 0) is 11.3 Å². The zero-order chi connectivity index (χ0) is 14.0. The fourth-order valence-electron chi connectivity index (χ4n) is 3.65. The molecule has 2 fully saturated rings. The van der Waals surface area contributed by atoms with Crippen molar-refractivity contribution in [3.8, 4) is 0 Å². The molecule has 1 aliphatic carbocycles. The van der Waals surface area contributed by atoms with Crippen molar-refractivity contribution >= 4 is 5.91 Å². The Balaban J connectivity index is 1.65. The van der Waals surface area contributed by atoms with E-state index in [2.05, 4.69) is 15.6 Å². The molecule has 4 nitrogen and oxygen atoms in total. The first kappa shape index (κ1) is 13.6. The van der Waals surface area contributed by atoms with E-state index in [4.69, 9.17) is 0 Å². The molecular formula is C16H23N3O. The predicted molar refractivity (Wildman–Crippen MR) is 78.1 cm³/mol. The molecule has 1 aromatic rings. The molecule has 1 aromatic heterocycles. The van der Waals surface area contributed by atoms with Gasteiger partial charge in [0.1, 0.15) is 0 Å². The van der Waals surface area contributed by atoms with Crippen molar-refractivity contribution < 1.29 is 4.79 Å². The third-order valence-electron chi connectivity index (χ3n) is 4.92. The number of hydrogen-bond acceptors (Lipinski definition) is 3. The van der Waals surface area contributed by atoms with E-state index < -0.39 is 0 Å². The van der Waals surface area contributed by atoms with Crippen molar-refractivity contribution in [3.05, 3.63) is 29.6 Å². The first-order chi connectivity index (χ1) is 9.71. The van der Waals surface area contributed by atoms with Gasteiger partial charge in [0.2, 0.25) is 5.91 Å². The van der Waals surface area contributed by atoms with Gasteiger partial charge in [0.05, 0.1) is 5.41 Å². The maximum Gasteiger partial charge on any atom is 0.228 e. The van der Waals surface area contributed by atoms with Crippen LogP contribution in [0.3, 0.4) is 0 Å². The van der Waals surface area contributed by atoms with E-state index in [0.29, 0.717) is 12.5 Å². The molecule has 2 aliphatic rings. The van der Waals surface area contributed by atoms with Crippen LogP contribution in [0.4, 0.5) is 0 Å². The van der Waals surface area contributed by atoms with E-state index in [1.807, 2.05) is 25.3 Å². The summed E-state index contributed by atoms with van der Waals surface area (Å²) < 4.78 is 0. The highest BCUT2D eigenvalue weighted by molar-refractivity contribution is 5.83. The van der Waals surface area contributed by atoms with Gasteiger partial charge in [-0.2, -0.15) is 0 Å². The number of aromatic nitrogens is 1. The van der Waals surface area contributed by atoms with Crippen molar-refractivity contribution in [2.24, 2.45) is 11.3 Å². The standard InChI is InChI=1S/C16H23N3O/c1-12-5-6-13(8-18-12)9-19-15(20)16-7-3-2-4-14(16)10-17-11-16/h5-6,8,14,17H,2-4,7,9-11H2,1H3,(H,19,20)/t14-,16+/m0/s1. The van der Waals surface area contributed by atoms with Crippen LogP contribution in [-0.4, -0.2) is 24.0 Å². The number of carbonyl (C=O) groups is 1. The van der Waals surface area contributed by atoms with Gasteiger partial charge in [-0.15, -0.1) is 0 Å². The van der Waals surface area contributed by atoms with E-state index >= 15 is 0 Å². The van der Waals surface area contributed by atoms with Crippen molar-refractivity contribution in [2.75, 3.05) is 13.1 Å². The van der Waals surface area contributed by atoms with Crippen molar-refractivity contribution in [1.29, 1.82) is 0 Å². The highest BCUT2D eigenvalue weighted by Crippen LogP contribution is 2.43. The van der Waals surface area contributed by atoms with Crippen LogP contribution >= 0.6 is 0 Å². The number of carbonyl (C=O) groups excluding carboxylic acids is 1. The third kappa shape index (κ3) is 2.44. The summed E-state index contributed by atoms with van der Waals surface area (Å²) in [7, 11) is 0. The maximum absolute atomic E-state index is 12.7. The summed E-state index contributed by atoms with van der Waals surface area (Å²) in [5, 5.41) is 6.55. The lowest BCUT2D eigenvalue weighted by atomic mass is 9.67. The van der Waals surface area contributed by atoms with Crippen LogP contribution < -0.4 is 10.6 Å². The molecule has 1 saturated heterocycles. The van der Waals surface area contributed by atoms with Gasteiger partial charge in [0.15, 0.2) is 0 Å². The molecule has 0 spiro atoms. The van der Waals surface area contributed by atoms with Crippen molar-refractivity contribution in [1.82, 2.24) is 15.6 Å². The summed E-state index contributed by atoms with van der Waals surface area (Å²) in [6, 6.07) is 4.02. The molecule has 0 aromatic carbocycles. The van der Waals surface area contributed by atoms with Crippen LogP contribution in [0.2, 0.25) is 0 Å². The number of rotatable bonds is 3. The molecule has 108 valence electrons. The summed E-state index contributed by atoms with van der Waals surface area (Å²) >= 11 is 0. The van der Waals surface area contributed by atoms with Gasteiger partial charge in [0.25, 0.3) is 0 Å². The zero-order valence-corrected chi connectivity index (χ0v) is 12.1. The minimum atomic E-state index is -0.156. The average Bonchev–Trinajstić information content (AvgIpc) is 2.91. The minimum Gasteiger partial charge on any atom is -0.351 e. The van der Waals surface area contributed by atoms with Crippen LogP contribution in [0.15, 0.2) is 18.3 Å². The van der Waals surface area contributed by atoms with Crippen LogP contribution in [0.1, 0.15) is 36.9 Å². The first-order valence-electron chi connectivity index (χ1n) is 7.61. The largest absolute Gasteiger partial charge is 0.351 e. The Hall–Kier alpha value is -1.42. The Morgan fingerprint density at radius 3 is 3.20 bits per heavy atom. The zero-order valence-electron chi connectivity index (χ0n) is 12.1. The first-order valence-corrected chi connectivity index (χ1v) is 7.61. The predicted octanol–water partition coefficient (Wildman–Crippen LogP) is 1.79. The maximum atomic E-state index is 12.7. The van der Waals surface area contributed by atoms with E-state index in [0.717, 1.165) is 30.8 Å². The number of hydrogen-bond donors (Lipinski definition) is 2. The van der Waals surface area contributed by atoms with E-state index in [1.165, 1.54) is 19.3 Å². The smallest absolute Gasteiger partial charge is 0.228 e. The Morgan fingerprint density at radius 1 is 1.50 bits per heavy atom. The minimum absolute atomic E-state index is 0.156. The van der Waals surface area contributed by atoms with Crippen LogP contribution in [0.5, 0.6) is 0 Å². The van der Waals surface area contributed by atoms with Crippen molar-refractivity contribution in [3.63, 3.8) is 0 Å². The summed E-state index contributed by atoms with van der Waals surface area (Å²) in [6.45, 7) is 4.40. The molecule has 0 bridgehead atoms. The summed E-state index contributed by atoms with van der Waals surface area (Å²) in [5.41, 5.74) is 1.92. The second-order valence-electron chi connectivity index (χ2n) is 6.22. The molecule has 1 saturated carbocycles. The average molecular weight is 273 g/mol. The highest BCUT2D eigenvalue weighted by atomic mass is 16.2. The number of amides is 1. The topological polar surface area (TPSA) is 54.0 Å². The summed E-state index contributed by atoms with van der Waals surface area (Å²) in [4.78, 5) is 16.9. The molecule has 0 radical (unpaired) electrons. The molecular weight excluding hydrogens is 250 g/mol. The molecule has 2 N–H and O–H groups in total. The SMILES string of the molecule is Cc1ccc(CNC(=O)[C@@]23CCCC[C@H]2CNC3)cn1. The number of nitrogens with zero attached hydrogens (tertiary/aromatic N) is 1. The molecule has 3 rings (SSSR count). The Morgan fingerprint density at radius 2 is 2.40 bits per heavy atom. The number of fused-ring (bicyclic) bond motifs is 1. The number of nitrogens with one attached hydrogen (secondary N) is 2. The molecule has 4 heteroatoms. The lowest BCUT2D eigenvalue weighted by Gasteiger charge is -2.37. The molecule has 1 amide bonds. The Bertz CT molecular complexity index is 485. The highest BCUT2D eigenvalue weighted by Gasteiger charge is 2.49. The molecule has 2 atom stereocenters. The fourth-order valence-corrected chi connectivity index (χ4v) is 3.65. The molecule has 2 heterocycles. The third-order valence-corrected chi connectivity index (χ3v) is 4.92. The van der Waals surface area contributed by atoms with Gasteiger partial charge >= 0.3 is 0 Å². The van der Waals surface area contributed by atoms with Gasteiger partial charge < -0.3 is 10.6 Å². The van der Waals surface area contributed by atoms with Gasteiger partial charge in [-0.25, -0.2) is 0 Å².